The minimum atomic E-state index is -0.854. The molecule has 0 amide bonds. The third-order valence-electron chi connectivity index (χ3n) is 2.92. The van der Waals surface area contributed by atoms with Gasteiger partial charge in [-0.05, 0) is 12.8 Å². The zero-order valence-electron chi connectivity index (χ0n) is 6.51. The van der Waals surface area contributed by atoms with Gasteiger partial charge < -0.3 is 4.74 Å². The highest BCUT2D eigenvalue weighted by molar-refractivity contribution is 5.34. The Hall–Kier alpha value is -1.06. The molecule has 3 rings (SSSR count). The Morgan fingerprint density at radius 2 is 2.42 bits per heavy atom. The van der Waals surface area contributed by atoms with Crippen molar-refractivity contribution in [3.8, 4) is 5.88 Å². The number of ether oxygens (including phenoxy) is 1. The van der Waals surface area contributed by atoms with E-state index in [4.69, 9.17) is 4.74 Å². The van der Waals surface area contributed by atoms with E-state index in [2.05, 4.69) is 10.2 Å². The summed E-state index contributed by atoms with van der Waals surface area (Å²) in [5.74, 6) is 0.630. The summed E-state index contributed by atoms with van der Waals surface area (Å²) in [5, 5.41) is 6.40. The minimum absolute atomic E-state index is 0.113. The number of fused-ring (bicyclic) bond motifs is 1. The number of hydrogen-bond acceptors (Lipinski definition) is 2. The fourth-order valence-electron chi connectivity index (χ4n) is 1.70. The Morgan fingerprint density at radius 3 is 2.92 bits per heavy atom. The van der Waals surface area contributed by atoms with Gasteiger partial charge in [0.1, 0.15) is 5.67 Å². The van der Waals surface area contributed by atoms with Crippen LogP contribution >= 0.6 is 0 Å². The van der Waals surface area contributed by atoms with Gasteiger partial charge in [0, 0.05) is 11.5 Å². The molecule has 0 aliphatic heterocycles. The van der Waals surface area contributed by atoms with E-state index in [0.29, 0.717) is 25.3 Å². The first-order chi connectivity index (χ1) is 5.74. The Balaban J connectivity index is 1.60. The summed E-state index contributed by atoms with van der Waals surface area (Å²) in [4.78, 5) is 0. The number of nitrogens with zero attached hydrogens (tertiary/aromatic N) is 1. The Kier molecular flexibility index (Phi) is 0.888. The molecule has 12 heavy (non-hydrogen) atoms. The maximum Gasteiger partial charge on any atom is 0.209 e. The molecule has 2 aliphatic rings. The van der Waals surface area contributed by atoms with Gasteiger partial charge in [-0.3, -0.25) is 0 Å². The van der Waals surface area contributed by atoms with Gasteiger partial charge in [0.2, 0.25) is 5.88 Å². The van der Waals surface area contributed by atoms with Crippen LogP contribution in [-0.4, -0.2) is 22.5 Å². The van der Waals surface area contributed by atoms with Crippen LogP contribution < -0.4 is 4.74 Å². The standard InChI is InChI=1S/C8H9FN2O/c9-8-3-7(8,4-8)5-12-6-1-2-10-11-6/h1-2H,3-5H2,(H,10,11). The van der Waals surface area contributed by atoms with Gasteiger partial charge >= 0.3 is 0 Å². The second-order valence-electron chi connectivity index (χ2n) is 3.81. The molecule has 4 heteroatoms. The lowest BCUT2D eigenvalue weighted by atomic mass is 10.2. The Labute approximate surface area is 68.9 Å². The van der Waals surface area contributed by atoms with E-state index >= 15 is 0 Å². The van der Waals surface area contributed by atoms with Crippen LogP contribution in [0.15, 0.2) is 12.3 Å². The molecule has 2 fully saturated rings. The van der Waals surface area contributed by atoms with E-state index in [1.807, 2.05) is 0 Å². The molecule has 2 aliphatic carbocycles. The molecule has 0 saturated heterocycles. The summed E-state index contributed by atoms with van der Waals surface area (Å²) in [6, 6.07) is 1.74. The van der Waals surface area contributed by atoms with E-state index in [0.717, 1.165) is 0 Å². The lowest BCUT2D eigenvalue weighted by Gasteiger charge is -2.02. The van der Waals surface area contributed by atoms with E-state index in [1.165, 1.54) is 0 Å². The maximum atomic E-state index is 13.1. The molecule has 0 aromatic carbocycles. The van der Waals surface area contributed by atoms with Crippen LogP contribution in [0.25, 0.3) is 0 Å². The van der Waals surface area contributed by atoms with E-state index < -0.39 is 5.67 Å². The predicted octanol–water partition coefficient (Wildman–Crippen LogP) is 1.29. The van der Waals surface area contributed by atoms with Crippen LogP contribution in [-0.2, 0) is 0 Å². The largest absolute Gasteiger partial charge is 0.477 e. The first-order valence-electron chi connectivity index (χ1n) is 4.05. The van der Waals surface area contributed by atoms with Gasteiger partial charge in [-0.1, -0.05) is 0 Å². The first-order valence-corrected chi connectivity index (χ1v) is 4.05. The normalized spacial score (nSPS) is 42.1. The molecule has 1 aromatic rings. The second-order valence-corrected chi connectivity index (χ2v) is 3.81. The molecule has 0 radical (unpaired) electrons. The van der Waals surface area contributed by atoms with Crippen molar-refractivity contribution in [3.05, 3.63) is 12.3 Å². The number of halogens is 1. The SMILES string of the molecule is FC12CC1(COc1ccn[nH]1)C2. The minimum Gasteiger partial charge on any atom is -0.477 e. The zero-order valence-corrected chi connectivity index (χ0v) is 6.51. The van der Waals surface area contributed by atoms with Crippen molar-refractivity contribution in [1.29, 1.82) is 0 Å². The highest BCUT2D eigenvalue weighted by Crippen LogP contribution is 2.81. The fraction of sp³-hybridized carbons (Fsp3) is 0.625. The van der Waals surface area contributed by atoms with Crippen molar-refractivity contribution in [1.82, 2.24) is 10.2 Å². The van der Waals surface area contributed by atoms with Crippen LogP contribution in [0.3, 0.4) is 0 Å². The van der Waals surface area contributed by atoms with Crippen LogP contribution in [0.5, 0.6) is 5.88 Å². The smallest absolute Gasteiger partial charge is 0.209 e. The van der Waals surface area contributed by atoms with Gasteiger partial charge in [-0.2, -0.15) is 5.10 Å². The van der Waals surface area contributed by atoms with Crippen molar-refractivity contribution < 1.29 is 9.13 Å². The number of rotatable bonds is 3. The summed E-state index contributed by atoms with van der Waals surface area (Å²) in [6.07, 6.45) is 3.00. The van der Waals surface area contributed by atoms with E-state index in [1.54, 1.807) is 12.3 Å². The molecule has 2 saturated carbocycles. The van der Waals surface area contributed by atoms with Gasteiger partial charge in [0.25, 0.3) is 0 Å². The topological polar surface area (TPSA) is 37.9 Å². The molecule has 1 N–H and O–H groups in total. The van der Waals surface area contributed by atoms with Crippen LogP contribution in [0.4, 0.5) is 4.39 Å². The molecule has 1 aromatic heterocycles. The summed E-state index contributed by atoms with van der Waals surface area (Å²) in [7, 11) is 0. The van der Waals surface area contributed by atoms with Gasteiger partial charge in [-0.25, -0.2) is 9.49 Å². The average molecular weight is 168 g/mol. The van der Waals surface area contributed by atoms with Crippen molar-refractivity contribution >= 4 is 0 Å². The van der Waals surface area contributed by atoms with Crippen molar-refractivity contribution in [2.24, 2.45) is 5.41 Å². The van der Waals surface area contributed by atoms with Crippen molar-refractivity contribution in [3.63, 3.8) is 0 Å². The van der Waals surface area contributed by atoms with Crippen LogP contribution in [0.2, 0.25) is 0 Å². The lowest BCUT2D eigenvalue weighted by molar-refractivity contribution is 0.257. The number of nitrogens with one attached hydrogen (secondary N) is 1. The van der Waals surface area contributed by atoms with Gasteiger partial charge in [-0.15, -0.1) is 0 Å². The van der Waals surface area contributed by atoms with Crippen LogP contribution in [0.1, 0.15) is 12.8 Å². The van der Waals surface area contributed by atoms with Gasteiger partial charge in [0.15, 0.2) is 0 Å². The van der Waals surface area contributed by atoms with E-state index in [9.17, 15) is 4.39 Å². The van der Waals surface area contributed by atoms with Crippen molar-refractivity contribution in [2.45, 2.75) is 18.5 Å². The van der Waals surface area contributed by atoms with Crippen LogP contribution in [0, 0.1) is 5.41 Å². The first kappa shape index (κ1) is 6.46. The highest BCUT2D eigenvalue weighted by Gasteiger charge is 2.85. The molecule has 64 valence electrons. The zero-order chi connectivity index (χ0) is 8.23. The maximum absolute atomic E-state index is 13.1. The Bertz CT molecular complexity index is 303. The molecule has 0 unspecified atom stereocenters. The Morgan fingerprint density at radius 1 is 1.67 bits per heavy atom. The molecular formula is C8H9FN2O. The third kappa shape index (κ3) is 0.673. The average Bonchev–Trinajstić information content (AvgIpc) is 2.63. The predicted molar refractivity (Wildman–Crippen MR) is 39.6 cm³/mol. The number of H-pyrrole nitrogens is 1. The molecular weight excluding hydrogens is 159 g/mol. The summed E-state index contributed by atoms with van der Waals surface area (Å²) >= 11 is 0. The number of aromatic nitrogens is 2. The number of aromatic amines is 1. The summed E-state index contributed by atoms with van der Waals surface area (Å²) < 4.78 is 18.4. The molecule has 0 atom stereocenters. The quantitative estimate of drug-likeness (QED) is 0.738. The van der Waals surface area contributed by atoms with Gasteiger partial charge in [0.05, 0.1) is 12.8 Å². The second kappa shape index (κ2) is 1.65. The third-order valence-corrected chi connectivity index (χ3v) is 2.92. The molecule has 1 heterocycles. The monoisotopic (exact) mass is 168 g/mol. The summed E-state index contributed by atoms with van der Waals surface area (Å²) in [5.41, 5.74) is -0.967. The number of hydrogen-bond donors (Lipinski definition) is 1. The highest BCUT2D eigenvalue weighted by atomic mass is 19.1. The lowest BCUT2D eigenvalue weighted by Crippen LogP contribution is -2.04. The molecule has 0 spiro atoms. The summed E-state index contributed by atoms with van der Waals surface area (Å²) in [6.45, 7) is 0.492. The molecule has 3 nitrogen and oxygen atoms in total. The van der Waals surface area contributed by atoms with E-state index in [-0.39, 0.29) is 5.41 Å². The molecule has 0 bridgehead atoms. The fourth-order valence-corrected chi connectivity index (χ4v) is 1.70. The number of alkyl halides is 1. The van der Waals surface area contributed by atoms with Crippen molar-refractivity contribution in [2.75, 3.05) is 6.61 Å².